The zero-order valence-electron chi connectivity index (χ0n) is 9.66. The summed E-state index contributed by atoms with van der Waals surface area (Å²) in [7, 11) is 0. The minimum atomic E-state index is -0.350. The number of H-pyrrole nitrogens is 1. The summed E-state index contributed by atoms with van der Waals surface area (Å²) in [4.78, 5) is 24.3. The maximum absolute atomic E-state index is 11.3. The van der Waals surface area contributed by atoms with Gasteiger partial charge in [0.15, 0.2) is 0 Å². The predicted octanol–water partition coefficient (Wildman–Crippen LogP) is 0.316. The molecule has 0 bridgehead atoms. The Kier molecular flexibility index (Phi) is 5.56. The molecule has 2 N–H and O–H groups in total. The van der Waals surface area contributed by atoms with Gasteiger partial charge < -0.3 is 5.32 Å². The number of aromatic amines is 1. The van der Waals surface area contributed by atoms with Crippen molar-refractivity contribution >= 4 is 0 Å². The Morgan fingerprint density at radius 3 is 2.81 bits per heavy atom. The molecule has 0 saturated carbocycles. The number of nitrogens with zero attached hydrogens (tertiary/aromatic N) is 1. The van der Waals surface area contributed by atoms with E-state index in [0.717, 1.165) is 19.5 Å². The maximum Gasteiger partial charge on any atom is 0.328 e. The van der Waals surface area contributed by atoms with Crippen molar-refractivity contribution in [3.8, 4) is 0 Å². The van der Waals surface area contributed by atoms with Crippen LogP contribution in [0.25, 0.3) is 0 Å². The molecule has 90 valence electrons. The first kappa shape index (κ1) is 12.7. The number of unbranched alkanes of at least 4 members (excludes halogenated alkanes) is 2. The SMILES string of the molecule is CCCCCNCCn1ccc(=O)[nH]c1=O. The van der Waals surface area contributed by atoms with Crippen LogP contribution in [0.3, 0.4) is 0 Å². The summed E-state index contributed by atoms with van der Waals surface area (Å²) in [5.74, 6) is 0. The van der Waals surface area contributed by atoms with Crippen molar-refractivity contribution in [2.24, 2.45) is 0 Å². The van der Waals surface area contributed by atoms with Crippen LogP contribution in [0.5, 0.6) is 0 Å². The van der Waals surface area contributed by atoms with Crippen molar-refractivity contribution in [3.63, 3.8) is 0 Å². The molecular formula is C11H19N3O2. The molecule has 0 radical (unpaired) electrons. The first-order valence-electron chi connectivity index (χ1n) is 5.74. The Hall–Kier alpha value is -1.36. The Morgan fingerprint density at radius 2 is 2.12 bits per heavy atom. The van der Waals surface area contributed by atoms with Crippen LogP contribution < -0.4 is 16.6 Å². The molecule has 0 spiro atoms. The van der Waals surface area contributed by atoms with E-state index in [0.29, 0.717) is 6.54 Å². The molecule has 0 aliphatic heterocycles. The molecule has 0 amide bonds. The summed E-state index contributed by atoms with van der Waals surface area (Å²) in [5, 5.41) is 3.26. The molecule has 0 fully saturated rings. The average Bonchev–Trinajstić information content (AvgIpc) is 2.26. The number of hydrogen-bond acceptors (Lipinski definition) is 3. The van der Waals surface area contributed by atoms with Crippen molar-refractivity contribution in [2.75, 3.05) is 13.1 Å². The first-order valence-corrected chi connectivity index (χ1v) is 5.74. The average molecular weight is 225 g/mol. The summed E-state index contributed by atoms with van der Waals surface area (Å²) < 4.78 is 1.49. The minimum Gasteiger partial charge on any atom is -0.315 e. The van der Waals surface area contributed by atoms with Crippen molar-refractivity contribution in [2.45, 2.75) is 32.7 Å². The van der Waals surface area contributed by atoms with Crippen LogP contribution in [0.4, 0.5) is 0 Å². The molecular weight excluding hydrogens is 206 g/mol. The molecule has 1 aromatic heterocycles. The highest BCUT2D eigenvalue weighted by Crippen LogP contribution is 1.90. The van der Waals surface area contributed by atoms with Crippen molar-refractivity contribution in [1.82, 2.24) is 14.9 Å². The number of nitrogens with one attached hydrogen (secondary N) is 2. The molecule has 16 heavy (non-hydrogen) atoms. The van der Waals surface area contributed by atoms with Crippen molar-refractivity contribution in [3.05, 3.63) is 33.1 Å². The van der Waals surface area contributed by atoms with Crippen LogP contribution in [0.1, 0.15) is 26.2 Å². The Labute approximate surface area is 94.5 Å². The highest BCUT2D eigenvalue weighted by atomic mass is 16.2. The van der Waals surface area contributed by atoms with Gasteiger partial charge in [0.25, 0.3) is 5.56 Å². The third kappa shape index (κ3) is 4.44. The van der Waals surface area contributed by atoms with Gasteiger partial charge in [0.1, 0.15) is 0 Å². The van der Waals surface area contributed by atoms with Crippen LogP contribution >= 0.6 is 0 Å². The van der Waals surface area contributed by atoms with Crippen LogP contribution in [0.2, 0.25) is 0 Å². The fourth-order valence-electron chi connectivity index (χ4n) is 1.44. The quantitative estimate of drug-likeness (QED) is 0.657. The summed E-state index contributed by atoms with van der Waals surface area (Å²) >= 11 is 0. The van der Waals surface area contributed by atoms with Gasteiger partial charge >= 0.3 is 5.69 Å². The molecule has 0 aliphatic carbocycles. The van der Waals surface area contributed by atoms with Gasteiger partial charge in [0.05, 0.1) is 0 Å². The van der Waals surface area contributed by atoms with Crippen LogP contribution in [-0.2, 0) is 6.54 Å². The molecule has 0 atom stereocenters. The molecule has 1 heterocycles. The third-order valence-electron chi connectivity index (χ3n) is 2.38. The van der Waals surface area contributed by atoms with E-state index in [-0.39, 0.29) is 11.2 Å². The van der Waals surface area contributed by atoms with E-state index >= 15 is 0 Å². The standard InChI is InChI=1S/C11H19N3O2/c1-2-3-4-6-12-7-9-14-8-5-10(15)13-11(14)16/h5,8,12H,2-4,6-7,9H2,1H3,(H,13,15,16). The van der Waals surface area contributed by atoms with E-state index in [1.807, 2.05) is 0 Å². The molecule has 5 heteroatoms. The summed E-state index contributed by atoms with van der Waals surface area (Å²) in [6.07, 6.45) is 5.12. The van der Waals surface area contributed by atoms with Gasteiger partial charge in [-0.3, -0.25) is 14.3 Å². The Bertz CT molecular complexity index is 408. The van der Waals surface area contributed by atoms with Gasteiger partial charge in [-0.25, -0.2) is 4.79 Å². The zero-order chi connectivity index (χ0) is 11.8. The predicted molar refractivity (Wildman–Crippen MR) is 63.7 cm³/mol. The second-order valence-electron chi connectivity index (χ2n) is 3.76. The summed E-state index contributed by atoms with van der Waals surface area (Å²) in [6.45, 7) is 4.48. The minimum absolute atomic E-state index is 0.345. The van der Waals surface area contributed by atoms with Crippen LogP contribution in [0, 0.1) is 0 Å². The Morgan fingerprint density at radius 1 is 1.31 bits per heavy atom. The fraction of sp³-hybridized carbons (Fsp3) is 0.636. The lowest BCUT2D eigenvalue weighted by atomic mass is 10.2. The first-order chi connectivity index (χ1) is 7.74. The van der Waals surface area contributed by atoms with E-state index in [9.17, 15) is 9.59 Å². The monoisotopic (exact) mass is 225 g/mol. The van der Waals surface area contributed by atoms with E-state index in [1.54, 1.807) is 0 Å². The lowest BCUT2D eigenvalue weighted by Crippen LogP contribution is -2.32. The summed E-state index contributed by atoms with van der Waals surface area (Å²) in [5.41, 5.74) is -0.694. The second kappa shape index (κ2) is 7.00. The van der Waals surface area contributed by atoms with Gasteiger partial charge in [-0.1, -0.05) is 19.8 Å². The maximum atomic E-state index is 11.3. The highest BCUT2D eigenvalue weighted by Gasteiger charge is 1.95. The van der Waals surface area contributed by atoms with Crippen LogP contribution in [-0.4, -0.2) is 22.6 Å². The molecule has 0 aromatic carbocycles. The number of rotatable bonds is 7. The van der Waals surface area contributed by atoms with Gasteiger partial charge in [0.2, 0.25) is 0 Å². The van der Waals surface area contributed by atoms with Gasteiger partial charge in [0, 0.05) is 25.4 Å². The molecule has 0 unspecified atom stereocenters. The topological polar surface area (TPSA) is 66.9 Å². The number of hydrogen-bond donors (Lipinski definition) is 2. The normalized spacial score (nSPS) is 10.6. The second-order valence-corrected chi connectivity index (χ2v) is 3.76. The lowest BCUT2D eigenvalue weighted by molar-refractivity contribution is 0.554. The fourth-order valence-corrected chi connectivity index (χ4v) is 1.44. The highest BCUT2D eigenvalue weighted by molar-refractivity contribution is 4.82. The molecule has 5 nitrogen and oxygen atoms in total. The van der Waals surface area contributed by atoms with E-state index in [4.69, 9.17) is 0 Å². The van der Waals surface area contributed by atoms with Gasteiger partial charge in [-0.2, -0.15) is 0 Å². The van der Waals surface area contributed by atoms with Gasteiger partial charge in [-0.05, 0) is 13.0 Å². The number of aromatic nitrogens is 2. The zero-order valence-corrected chi connectivity index (χ0v) is 9.66. The van der Waals surface area contributed by atoms with Crippen molar-refractivity contribution < 1.29 is 0 Å². The molecule has 0 saturated heterocycles. The van der Waals surface area contributed by atoms with E-state index < -0.39 is 0 Å². The summed E-state index contributed by atoms with van der Waals surface area (Å²) in [6, 6.07) is 1.36. The largest absolute Gasteiger partial charge is 0.328 e. The molecule has 1 rings (SSSR count). The third-order valence-corrected chi connectivity index (χ3v) is 2.38. The van der Waals surface area contributed by atoms with Crippen LogP contribution in [0.15, 0.2) is 21.9 Å². The van der Waals surface area contributed by atoms with Gasteiger partial charge in [-0.15, -0.1) is 0 Å². The van der Waals surface area contributed by atoms with E-state index in [1.165, 1.54) is 29.7 Å². The lowest BCUT2D eigenvalue weighted by Gasteiger charge is -2.05. The molecule has 1 aromatic rings. The van der Waals surface area contributed by atoms with E-state index in [2.05, 4.69) is 17.2 Å². The molecule has 0 aliphatic rings. The Balaban J connectivity index is 2.27. The van der Waals surface area contributed by atoms with Crippen molar-refractivity contribution in [1.29, 1.82) is 0 Å². The smallest absolute Gasteiger partial charge is 0.315 e.